The molecule has 0 spiro atoms. The van der Waals surface area contributed by atoms with Crippen molar-refractivity contribution in [2.75, 3.05) is 13.7 Å². The molecular weight excluding hydrogens is 158 g/mol. The van der Waals surface area contributed by atoms with Crippen LogP contribution in [0.25, 0.3) is 0 Å². The van der Waals surface area contributed by atoms with E-state index in [4.69, 9.17) is 14.7 Å². The van der Waals surface area contributed by atoms with Crippen molar-refractivity contribution in [2.24, 2.45) is 5.16 Å². The van der Waals surface area contributed by atoms with E-state index in [0.717, 1.165) is 5.71 Å². The lowest BCUT2D eigenvalue weighted by molar-refractivity contribution is 0.0388. The number of hydrogen-bond donors (Lipinski definition) is 1. The van der Waals surface area contributed by atoms with E-state index >= 15 is 0 Å². The number of rotatable bonds is 3. The number of ether oxygens (including phenoxy) is 1. The maximum Gasteiger partial charge on any atom is 0.155 e. The summed E-state index contributed by atoms with van der Waals surface area (Å²) in [6.45, 7) is 3.86. The minimum absolute atomic E-state index is 0.00674. The molecule has 0 radical (unpaired) electrons. The maximum atomic E-state index is 8.78. The van der Waals surface area contributed by atoms with Crippen LogP contribution in [0.2, 0.25) is 0 Å². The van der Waals surface area contributed by atoms with E-state index in [1.165, 1.54) is 0 Å². The monoisotopic (exact) mass is 173 g/mol. The highest BCUT2D eigenvalue weighted by atomic mass is 16.7. The van der Waals surface area contributed by atoms with Crippen LogP contribution in [-0.4, -0.2) is 36.2 Å². The largest absolute Gasteiger partial charge is 0.392 e. The van der Waals surface area contributed by atoms with Crippen molar-refractivity contribution >= 4 is 5.71 Å². The first-order chi connectivity index (χ1) is 5.60. The van der Waals surface area contributed by atoms with Gasteiger partial charge in [-0.15, -0.1) is 0 Å². The second kappa shape index (κ2) is 3.41. The zero-order valence-electron chi connectivity index (χ0n) is 7.70. The van der Waals surface area contributed by atoms with Crippen LogP contribution >= 0.6 is 0 Å². The summed E-state index contributed by atoms with van der Waals surface area (Å²) in [5, 5.41) is 12.6. The van der Waals surface area contributed by atoms with Crippen LogP contribution in [0.15, 0.2) is 5.16 Å². The molecule has 0 saturated heterocycles. The van der Waals surface area contributed by atoms with Crippen molar-refractivity contribution < 1.29 is 14.7 Å². The smallest absolute Gasteiger partial charge is 0.155 e. The van der Waals surface area contributed by atoms with Gasteiger partial charge in [0.25, 0.3) is 0 Å². The maximum absolute atomic E-state index is 8.78. The Morgan fingerprint density at radius 1 is 1.75 bits per heavy atom. The number of methoxy groups -OCH3 is 1. The molecule has 1 unspecified atom stereocenters. The Hall–Kier alpha value is -0.610. The zero-order valence-corrected chi connectivity index (χ0v) is 7.70. The third-order valence-electron chi connectivity index (χ3n) is 2.14. The van der Waals surface area contributed by atoms with Gasteiger partial charge in [-0.3, -0.25) is 0 Å². The molecule has 4 heteroatoms. The van der Waals surface area contributed by atoms with Crippen molar-refractivity contribution in [1.29, 1.82) is 0 Å². The molecule has 1 atom stereocenters. The SMILES string of the molecule is COC(C)(C)C1=NOC(CO)C1. The minimum Gasteiger partial charge on any atom is -0.392 e. The Morgan fingerprint density at radius 2 is 2.42 bits per heavy atom. The van der Waals surface area contributed by atoms with Gasteiger partial charge >= 0.3 is 0 Å². The van der Waals surface area contributed by atoms with Crippen molar-refractivity contribution in [2.45, 2.75) is 32.0 Å². The Labute approximate surface area is 72.2 Å². The molecule has 1 N–H and O–H groups in total. The lowest BCUT2D eigenvalue weighted by Gasteiger charge is -2.21. The van der Waals surface area contributed by atoms with Gasteiger partial charge in [0.05, 0.1) is 12.3 Å². The van der Waals surface area contributed by atoms with E-state index in [2.05, 4.69) is 5.16 Å². The van der Waals surface area contributed by atoms with Gasteiger partial charge in [0.1, 0.15) is 5.60 Å². The van der Waals surface area contributed by atoms with Gasteiger partial charge in [0.15, 0.2) is 6.10 Å². The van der Waals surface area contributed by atoms with Gasteiger partial charge in [-0.2, -0.15) is 0 Å². The van der Waals surface area contributed by atoms with Gasteiger partial charge in [-0.25, -0.2) is 0 Å². The molecule has 4 nitrogen and oxygen atoms in total. The highest BCUT2D eigenvalue weighted by Crippen LogP contribution is 2.21. The molecule has 70 valence electrons. The van der Waals surface area contributed by atoms with Crippen LogP contribution in [0, 0.1) is 0 Å². The molecule has 0 aromatic rings. The second-order valence-corrected chi connectivity index (χ2v) is 3.37. The van der Waals surface area contributed by atoms with E-state index in [1.807, 2.05) is 13.8 Å². The van der Waals surface area contributed by atoms with Crippen molar-refractivity contribution in [3.63, 3.8) is 0 Å². The summed E-state index contributed by atoms with van der Waals surface area (Å²) in [6, 6.07) is 0. The van der Waals surface area contributed by atoms with Crippen molar-refractivity contribution in [3.05, 3.63) is 0 Å². The Balaban J connectivity index is 2.56. The predicted molar refractivity (Wildman–Crippen MR) is 45.1 cm³/mol. The molecule has 0 aromatic heterocycles. The van der Waals surface area contributed by atoms with Gasteiger partial charge in [0, 0.05) is 13.5 Å². The molecule has 0 aromatic carbocycles. The minimum atomic E-state index is -0.385. The summed E-state index contributed by atoms with van der Waals surface area (Å²) in [4.78, 5) is 4.96. The lowest BCUT2D eigenvalue weighted by Crippen LogP contribution is -2.33. The fourth-order valence-corrected chi connectivity index (χ4v) is 1.000. The average Bonchev–Trinajstić information content (AvgIpc) is 2.52. The zero-order chi connectivity index (χ0) is 9.19. The molecular formula is C8H15NO3. The highest BCUT2D eigenvalue weighted by molar-refractivity contribution is 5.92. The van der Waals surface area contributed by atoms with Gasteiger partial charge < -0.3 is 14.7 Å². The Morgan fingerprint density at radius 3 is 2.83 bits per heavy atom. The second-order valence-electron chi connectivity index (χ2n) is 3.37. The van der Waals surface area contributed by atoms with Crippen molar-refractivity contribution in [1.82, 2.24) is 0 Å². The van der Waals surface area contributed by atoms with Crippen LogP contribution in [0.1, 0.15) is 20.3 Å². The topological polar surface area (TPSA) is 51.0 Å². The van der Waals surface area contributed by atoms with E-state index in [-0.39, 0.29) is 18.3 Å². The number of nitrogens with zero attached hydrogens (tertiary/aromatic N) is 1. The Bertz CT molecular complexity index is 189. The van der Waals surface area contributed by atoms with Crippen LogP contribution in [-0.2, 0) is 9.57 Å². The summed E-state index contributed by atoms with van der Waals surface area (Å²) < 4.78 is 5.22. The number of oxime groups is 1. The number of aliphatic hydroxyl groups is 1. The fourth-order valence-electron chi connectivity index (χ4n) is 1.000. The molecule has 12 heavy (non-hydrogen) atoms. The number of aliphatic hydroxyl groups excluding tert-OH is 1. The lowest BCUT2D eigenvalue weighted by atomic mass is 9.98. The average molecular weight is 173 g/mol. The first kappa shape index (κ1) is 9.48. The van der Waals surface area contributed by atoms with Crippen LogP contribution in [0.3, 0.4) is 0 Å². The molecule has 1 aliphatic rings. The quantitative estimate of drug-likeness (QED) is 0.678. The summed E-state index contributed by atoms with van der Waals surface area (Å²) in [5.74, 6) is 0. The Kier molecular flexibility index (Phi) is 2.69. The van der Waals surface area contributed by atoms with E-state index in [1.54, 1.807) is 7.11 Å². The third-order valence-corrected chi connectivity index (χ3v) is 2.14. The van der Waals surface area contributed by atoms with E-state index < -0.39 is 0 Å². The standard InChI is InChI=1S/C8H15NO3/c1-8(2,11-3)7-4-6(5-10)12-9-7/h6,10H,4-5H2,1-3H3. The molecule has 0 fully saturated rings. The van der Waals surface area contributed by atoms with Crippen LogP contribution < -0.4 is 0 Å². The van der Waals surface area contributed by atoms with E-state index in [9.17, 15) is 0 Å². The summed E-state index contributed by atoms with van der Waals surface area (Å²) in [5.41, 5.74) is 0.466. The molecule has 0 bridgehead atoms. The molecule has 0 aliphatic carbocycles. The summed E-state index contributed by atoms with van der Waals surface area (Å²) in [6.07, 6.45) is 0.464. The molecule has 1 aliphatic heterocycles. The van der Waals surface area contributed by atoms with Gasteiger partial charge in [-0.05, 0) is 13.8 Å². The first-order valence-electron chi connectivity index (χ1n) is 3.99. The summed E-state index contributed by atoms with van der Waals surface area (Å²) >= 11 is 0. The predicted octanol–water partition coefficient (Wildman–Crippen LogP) is 0.549. The van der Waals surface area contributed by atoms with Crippen LogP contribution in [0.5, 0.6) is 0 Å². The summed E-state index contributed by atoms with van der Waals surface area (Å²) in [7, 11) is 1.63. The third kappa shape index (κ3) is 1.76. The normalized spacial score (nSPS) is 23.7. The first-order valence-corrected chi connectivity index (χ1v) is 3.99. The van der Waals surface area contributed by atoms with E-state index in [0.29, 0.717) is 6.42 Å². The molecule has 0 amide bonds. The highest BCUT2D eigenvalue weighted by Gasteiger charge is 2.32. The fraction of sp³-hybridized carbons (Fsp3) is 0.875. The molecule has 1 heterocycles. The van der Waals surface area contributed by atoms with Gasteiger partial charge in [-0.1, -0.05) is 5.16 Å². The van der Waals surface area contributed by atoms with Crippen molar-refractivity contribution in [3.8, 4) is 0 Å². The van der Waals surface area contributed by atoms with Gasteiger partial charge in [0.2, 0.25) is 0 Å². The molecule has 1 rings (SSSR count). The van der Waals surface area contributed by atoms with Crippen LogP contribution in [0.4, 0.5) is 0 Å². The number of hydrogen-bond acceptors (Lipinski definition) is 4. The molecule has 0 saturated carbocycles.